The van der Waals surface area contributed by atoms with Crippen molar-refractivity contribution in [1.29, 1.82) is 0 Å². The first-order valence-corrected chi connectivity index (χ1v) is 13.2. The molecule has 0 saturated heterocycles. The van der Waals surface area contributed by atoms with E-state index in [1.54, 1.807) is 13.1 Å². The van der Waals surface area contributed by atoms with E-state index < -0.39 is 24.9 Å². The van der Waals surface area contributed by atoms with Gasteiger partial charge >= 0.3 is 6.18 Å². The van der Waals surface area contributed by atoms with Crippen LogP contribution in [0.2, 0.25) is 0 Å². The highest BCUT2D eigenvalue weighted by Gasteiger charge is 2.36. The molecule has 3 heterocycles. The number of halogens is 4. The average Bonchev–Trinajstić information content (AvgIpc) is 3.34. The van der Waals surface area contributed by atoms with E-state index in [0.29, 0.717) is 61.9 Å². The van der Waals surface area contributed by atoms with Gasteiger partial charge in [-0.1, -0.05) is 11.3 Å². The van der Waals surface area contributed by atoms with Crippen LogP contribution in [0.3, 0.4) is 0 Å². The van der Waals surface area contributed by atoms with E-state index in [2.05, 4.69) is 20.2 Å². The molecule has 200 valence electrons. The number of carbonyl (C=O) groups is 1. The number of nitrogens with one attached hydrogen (secondary N) is 1. The lowest BCUT2D eigenvalue weighted by atomic mass is 9.81. The molecule has 1 aliphatic heterocycles. The van der Waals surface area contributed by atoms with Gasteiger partial charge in [0.25, 0.3) is 5.19 Å². The van der Waals surface area contributed by atoms with Crippen LogP contribution in [0, 0.1) is 6.92 Å². The van der Waals surface area contributed by atoms with Crippen LogP contribution in [0.15, 0.2) is 10.6 Å². The van der Waals surface area contributed by atoms with Gasteiger partial charge in [0.1, 0.15) is 17.8 Å². The lowest BCUT2D eigenvalue weighted by Gasteiger charge is -2.35. The normalized spacial score (nSPS) is 23.2. The highest BCUT2D eigenvalue weighted by atomic mass is 32.1. The Morgan fingerprint density at radius 3 is 2.75 bits per heavy atom. The van der Waals surface area contributed by atoms with Gasteiger partial charge < -0.3 is 19.4 Å². The third-order valence-electron chi connectivity index (χ3n) is 6.79. The van der Waals surface area contributed by atoms with Crippen LogP contribution >= 0.6 is 11.3 Å². The highest BCUT2D eigenvalue weighted by molar-refractivity contribution is 7.13. The van der Waals surface area contributed by atoms with E-state index in [4.69, 9.17) is 9.15 Å². The molecule has 0 aromatic carbocycles. The zero-order valence-corrected chi connectivity index (χ0v) is 21.2. The van der Waals surface area contributed by atoms with Crippen LogP contribution in [0.4, 0.5) is 17.6 Å². The molecule has 2 aromatic rings. The van der Waals surface area contributed by atoms with Crippen molar-refractivity contribution in [1.82, 2.24) is 20.2 Å². The molecular weight excluding hydrogens is 500 g/mol. The Labute approximate surface area is 211 Å². The molecule has 0 spiro atoms. The van der Waals surface area contributed by atoms with Crippen molar-refractivity contribution in [2.45, 2.75) is 82.6 Å². The number of carbonyl (C=O) groups excluding carboxylic acids is 1. The number of oxazole rings is 1. The number of ether oxygens (including phenoxy) is 1. The first-order valence-electron chi connectivity index (χ1n) is 12.4. The Hall–Kier alpha value is -2.21. The lowest BCUT2D eigenvalue weighted by molar-refractivity contribution is -0.139. The molecule has 1 fully saturated rings. The van der Waals surface area contributed by atoms with Crippen molar-refractivity contribution in [3.05, 3.63) is 28.4 Å². The molecule has 0 atom stereocenters. The van der Waals surface area contributed by atoms with Gasteiger partial charge in [0.2, 0.25) is 11.8 Å². The molecular formula is C24H32F4N4O3S. The van der Waals surface area contributed by atoms with Crippen molar-refractivity contribution in [2.24, 2.45) is 0 Å². The quantitative estimate of drug-likeness (QED) is 0.477. The van der Waals surface area contributed by atoms with Crippen LogP contribution in [-0.2, 0) is 24.1 Å². The summed E-state index contributed by atoms with van der Waals surface area (Å²) in [5.41, 5.74) is -0.369. The predicted octanol–water partition coefficient (Wildman–Crippen LogP) is 4.57. The molecule has 1 aliphatic carbocycles. The molecule has 7 nitrogen and oxygen atoms in total. The van der Waals surface area contributed by atoms with Crippen LogP contribution in [-0.4, -0.2) is 64.9 Å². The van der Waals surface area contributed by atoms with Crippen molar-refractivity contribution in [3.8, 4) is 5.19 Å². The number of hydrogen-bond donors (Lipinski definition) is 1. The average molecular weight is 533 g/mol. The van der Waals surface area contributed by atoms with E-state index in [1.165, 1.54) is 11.3 Å². The maximum atomic E-state index is 15.5. The van der Waals surface area contributed by atoms with Crippen LogP contribution in [0.25, 0.3) is 0 Å². The molecule has 0 unspecified atom stereocenters. The summed E-state index contributed by atoms with van der Waals surface area (Å²) in [4.78, 5) is 23.9. The van der Waals surface area contributed by atoms with E-state index in [1.807, 2.05) is 0 Å². The van der Waals surface area contributed by atoms with Crippen molar-refractivity contribution >= 4 is 17.2 Å². The standard InChI is InChI=1S/C24H32F4N4O3S/c1-16-15-29-21(35-16)14-20(33)30-17-2-6-23(25,7-3-17)8-12-32-10-4-18-19(5-11-32)36-22(31-18)34-13-9-24(26,27)28/h15,17H,2-14H2,1H3,(H,30,33). The van der Waals surface area contributed by atoms with Gasteiger partial charge in [0.15, 0.2) is 0 Å². The largest absolute Gasteiger partial charge is 0.470 e. The van der Waals surface area contributed by atoms with Gasteiger partial charge in [0.05, 0.1) is 24.9 Å². The summed E-state index contributed by atoms with van der Waals surface area (Å²) in [6.07, 6.45) is 0.301. The molecule has 4 rings (SSSR count). The molecule has 1 amide bonds. The van der Waals surface area contributed by atoms with Crippen LogP contribution < -0.4 is 10.1 Å². The van der Waals surface area contributed by atoms with Gasteiger partial charge in [-0.3, -0.25) is 4.79 Å². The van der Waals surface area contributed by atoms with Gasteiger partial charge in [-0.25, -0.2) is 14.4 Å². The van der Waals surface area contributed by atoms with E-state index >= 15 is 4.39 Å². The second kappa shape index (κ2) is 11.5. The number of fused-ring (bicyclic) bond motifs is 1. The summed E-state index contributed by atoms with van der Waals surface area (Å²) in [5.74, 6) is 0.883. The fourth-order valence-corrected chi connectivity index (χ4v) is 5.68. The zero-order valence-electron chi connectivity index (χ0n) is 20.3. The summed E-state index contributed by atoms with van der Waals surface area (Å²) < 4.78 is 62.9. The SMILES string of the molecule is Cc1cnc(CC(=O)NC2CCC(F)(CCN3CCc4nc(OCCC(F)(F)F)sc4CC3)CC2)o1. The number of thiazole rings is 1. The van der Waals surface area contributed by atoms with Crippen LogP contribution in [0.1, 0.15) is 60.7 Å². The number of aryl methyl sites for hydroxylation is 1. The number of aromatic nitrogens is 2. The minimum absolute atomic E-state index is 0.0368. The van der Waals surface area contributed by atoms with Crippen LogP contribution in [0.5, 0.6) is 5.19 Å². The fourth-order valence-electron chi connectivity index (χ4n) is 4.71. The summed E-state index contributed by atoms with van der Waals surface area (Å²) in [6.45, 7) is 3.47. The lowest BCUT2D eigenvalue weighted by Crippen LogP contribution is -2.43. The third kappa shape index (κ3) is 7.89. The minimum Gasteiger partial charge on any atom is -0.470 e. The number of amides is 1. The summed E-state index contributed by atoms with van der Waals surface area (Å²) in [5, 5.41) is 3.26. The zero-order chi connectivity index (χ0) is 25.8. The van der Waals surface area contributed by atoms with Gasteiger partial charge in [-0.2, -0.15) is 13.2 Å². The monoisotopic (exact) mass is 532 g/mol. The first-order chi connectivity index (χ1) is 17.1. The third-order valence-corrected chi connectivity index (χ3v) is 7.86. The molecule has 2 aliphatic rings. The number of rotatable bonds is 9. The summed E-state index contributed by atoms with van der Waals surface area (Å²) >= 11 is 1.31. The van der Waals surface area contributed by atoms with Gasteiger partial charge in [0, 0.05) is 37.0 Å². The number of alkyl halides is 4. The van der Waals surface area contributed by atoms with E-state index in [0.717, 1.165) is 30.1 Å². The smallest absolute Gasteiger partial charge is 0.392 e. The second-order valence-electron chi connectivity index (χ2n) is 9.69. The molecule has 12 heteroatoms. The maximum Gasteiger partial charge on any atom is 0.392 e. The molecule has 1 saturated carbocycles. The van der Waals surface area contributed by atoms with E-state index in [9.17, 15) is 18.0 Å². The van der Waals surface area contributed by atoms with Gasteiger partial charge in [-0.15, -0.1) is 0 Å². The topological polar surface area (TPSA) is 80.5 Å². The number of nitrogens with zero attached hydrogens (tertiary/aromatic N) is 3. The predicted molar refractivity (Wildman–Crippen MR) is 126 cm³/mol. The molecule has 2 aromatic heterocycles. The van der Waals surface area contributed by atoms with Gasteiger partial charge in [-0.05, 0) is 45.4 Å². The molecule has 0 radical (unpaired) electrons. The fraction of sp³-hybridized carbons (Fsp3) is 0.708. The minimum atomic E-state index is -4.24. The molecule has 1 N–H and O–H groups in total. The Bertz CT molecular complexity index is 992. The Kier molecular flexibility index (Phi) is 8.54. The first kappa shape index (κ1) is 26.8. The maximum absolute atomic E-state index is 15.5. The molecule has 0 bridgehead atoms. The summed E-state index contributed by atoms with van der Waals surface area (Å²) in [6, 6.07) is -0.0368. The Balaban J connectivity index is 1.16. The Morgan fingerprint density at radius 1 is 1.31 bits per heavy atom. The Morgan fingerprint density at radius 2 is 2.06 bits per heavy atom. The van der Waals surface area contributed by atoms with Crippen molar-refractivity contribution in [2.75, 3.05) is 26.2 Å². The second-order valence-corrected chi connectivity index (χ2v) is 10.7. The van der Waals surface area contributed by atoms with Crippen molar-refractivity contribution < 1.29 is 31.5 Å². The highest BCUT2D eigenvalue weighted by Crippen LogP contribution is 2.36. The van der Waals surface area contributed by atoms with E-state index in [-0.39, 0.29) is 18.4 Å². The summed E-state index contributed by atoms with van der Waals surface area (Å²) in [7, 11) is 0. The van der Waals surface area contributed by atoms with Crippen molar-refractivity contribution in [3.63, 3.8) is 0 Å². The number of hydrogen-bond acceptors (Lipinski definition) is 7. The molecule has 36 heavy (non-hydrogen) atoms.